The average molecular weight is 241 g/mol. The van der Waals surface area contributed by atoms with Crippen molar-refractivity contribution in [2.45, 2.75) is 0 Å². The fourth-order valence-corrected chi connectivity index (χ4v) is 2.12. The molecule has 0 aliphatic carbocycles. The van der Waals surface area contributed by atoms with E-state index in [1.807, 2.05) is 41.9 Å². The van der Waals surface area contributed by atoms with Crippen LogP contribution in [0, 0.1) is 5.82 Å². The fourth-order valence-electron chi connectivity index (χ4n) is 2.12. The third kappa shape index (κ3) is 1.46. The van der Waals surface area contributed by atoms with E-state index in [9.17, 15) is 4.39 Å². The lowest BCUT2D eigenvalue weighted by Crippen LogP contribution is -1.96. The Morgan fingerprint density at radius 3 is 2.61 bits per heavy atom. The van der Waals surface area contributed by atoms with Gasteiger partial charge in [0.25, 0.3) is 0 Å². The van der Waals surface area contributed by atoms with Gasteiger partial charge < -0.3 is 10.3 Å². The van der Waals surface area contributed by atoms with Gasteiger partial charge >= 0.3 is 0 Å². The first-order chi connectivity index (χ1) is 8.68. The molecule has 18 heavy (non-hydrogen) atoms. The zero-order chi connectivity index (χ0) is 12.7. The number of hydrogen-bond donors (Lipinski definition) is 1. The molecular weight excluding hydrogens is 229 g/mol. The molecule has 0 amide bonds. The molecule has 0 bridgehead atoms. The third-order valence-electron chi connectivity index (χ3n) is 3.06. The molecule has 1 heterocycles. The fraction of sp³-hybridized carbons (Fsp3) is 0.0714. The van der Waals surface area contributed by atoms with Gasteiger partial charge in [-0.1, -0.05) is 18.2 Å². The third-order valence-corrected chi connectivity index (χ3v) is 3.06. The van der Waals surface area contributed by atoms with Gasteiger partial charge in [0.15, 0.2) is 5.82 Å². The van der Waals surface area contributed by atoms with Crippen LogP contribution in [0.1, 0.15) is 0 Å². The van der Waals surface area contributed by atoms with Crippen LogP contribution in [0.5, 0.6) is 0 Å². The lowest BCUT2D eigenvalue weighted by molar-refractivity contribution is 0.637. The maximum absolute atomic E-state index is 13.7. The van der Waals surface area contributed by atoms with Gasteiger partial charge in [0, 0.05) is 18.3 Å². The first-order valence-corrected chi connectivity index (χ1v) is 5.64. The number of halogens is 1. The molecule has 0 aliphatic heterocycles. The quantitative estimate of drug-likeness (QED) is 0.666. The number of para-hydroxylation sites is 2. The van der Waals surface area contributed by atoms with Crippen LogP contribution < -0.4 is 5.73 Å². The van der Waals surface area contributed by atoms with Crippen LogP contribution in [0.3, 0.4) is 0 Å². The largest absolute Gasteiger partial charge is 0.398 e. The van der Waals surface area contributed by atoms with E-state index in [1.165, 1.54) is 6.07 Å². The monoisotopic (exact) mass is 241 g/mol. The van der Waals surface area contributed by atoms with Crippen LogP contribution in [0.25, 0.3) is 22.4 Å². The maximum atomic E-state index is 13.7. The van der Waals surface area contributed by atoms with Crippen molar-refractivity contribution in [2.24, 2.45) is 7.05 Å². The highest BCUT2D eigenvalue weighted by molar-refractivity contribution is 5.83. The van der Waals surface area contributed by atoms with E-state index in [-0.39, 0.29) is 5.82 Å². The minimum Gasteiger partial charge on any atom is -0.398 e. The van der Waals surface area contributed by atoms with Crippen molar-refractivity contribution >= 4 is 16.7 Å². The Labute approximate surface area is 104 Å². The number of rotatable bonds is 1. The summed E-state index contributed by atoms with van der Waals surface area (Å²) in [5.41, 5.74) is 8.52. The molecule has 4 heteroatoms. The molecule has 0 radical (unpaired) electrons. The van der Waals surface area contributed by atoms with Crippen molar-refractivity contribution < 1.29 is 4.39 Å². The Bertz CT molecular complexity index is 731. The molecule has 2 N–H and O–H groups in total. The lowest BCUT2D eigenvalue weighted by Gasteiger charge is -2.05. The van der Waals surface area contributed by atoms with Crippen LogP contribution in [0.15, 0.2) is 42.5 Å². The van der Waals surface area contributed by atoms with E-state index in [1.54, 1.807) is 6.07 Å². The predicted octanol–water partition coefficient (Wildman–Crippen LogP) is 2.96. The first-order valence-electron chi connectivity index (χ1n) is 5.64. The summed E-state index contributed by atoms with van der Waals surface area (Å²) in [5, 5.41) is 0. The van der Waals surface area contributed by atoms with Gasteiger partial charge in [-0.3, -0.25) is 0 Å². The Kier molecular flexibility index (Phi) is 2.30. The van der Waals surface area contributed by atoms with E-state index in [4.69, 9.17) is 5.73 Å². The summed E-state index contributed by atoms with van der Waals surface area (Å²) in [6.07, 6.45) is 0. The van der Waals surface area contributed by atoms with Crippen molar-refractivity contribution in [3.8, 4) is 11.4 Å². The Balaban J connectivity index is 2.35. The number of aryl methyl sites for hydroxylation is 1. The molecule has 3 aromatic rings. The second kappa shape index (κ2) is 3.84. The minimum absolute atomic E-state index is 0.316. The summed E-state index contributed by atoms with van der Waals surface area (Å²) in [6, 6.07) is 12.4. The van der Waals surface area contributed by atoms with Crippen LogP contribution >= 0.6 is 0 Å². The van der Waals surface area contributed by atoms with Crippen molar-refractivity contribution in [1.29, 1.82) is 0 Å². The van der Waals surface area contributed by atoms with Gasteiger partial charge in [-0.25, -0.2) is 9.37 Å². The van der Waals surface area contributed by atoms with Crippen molar-refractivity contribution in [2.75, 3.05) is 5.73 Å². The second-order valence-corrected chi connectivity index (χ2v) is 4.19. The topological polar surface area (TPSA) is 43.8 Å². The number of benzene rings is 2. The zero-order valence-electron chi connectivity index (χ0n) is 9.89. The molecule has 0 fully saturated rings. The lowest BCUT2D eigenvalue weighted by atomic mass is 10.2. The highest BCUT2D eigenvalue weighted by atomic mass is 19.1. The van der Waals surface area contributed by atoms with Crippen LogP contribution in [-0.2, 0) is 7.05 Å². The minimum atomic E-state index is -0.316. The molecule has 0 aliphatic rings. The number of fused-ring (bicyclic) bond motifs is 1. The molecule has 0 saturated carbocycles. The molecule has 3 rings (SSSR count). The van der Waals surface area contributed by atoms with Crippen molar-refractivity contribution in [3.05, 3.63) is 48.3 Å². The summed E-state index contributed by atoms with van der Waals surface area (Å²) in [5.74, 6) is 0.358. The molecule has 90 valence electrons. The Hall–Kier alpha value is -2.36. The summed E-state index contributed by atoms with van der Waals surface area (Å²) < 4.78 is 15.5. The number of hydrogen-bond acceptors (Lipinski definition) is 2. The van der Waals surface area contributed by atoms with Gasteiger partial charge in [-0.05, 0) is 24.3 Å². The highest BCUT2D eigenvalue weighted by Crippen LogP contribution is 2.28. The standard InChI is InChI=1S/C14H12FN3/c1-18-12-8-4-6-10(15)13(12)17-14(18)9-5-2-3-7-11(9)16/h2-8H,16H2,1H3. The number of nitrogens with two attached hydrogens (primary N) is 1. The smallest absolute Gasteiger partial charge is 0.151 e. The number of nitrogens with zero attached hydrogens (tertiary/aromatic N) is 2. The van der Waals surface area contributed by atoms with Gasteiger partial charge in [0.1, 0.15) is 11.3 Å². The number of anilines is 1. The van der Waals surface area contributed by atoms with Crippen LogP contribution in [-0.4, -0.2) is 9.55 Å². The molecule has 2 aromatic carbocycles. The predicted molar refractivity (Wildman–Crippen MR) is 70.5 cm³/mol. The normalized spacial score (nSPS) is 11.0. The van der Waals surface area contributed by atoms with E-state index in [0.717, 1.165) is 11.1 Å². The SMILES string of the molecule is Cn1c(-c2ccccc2N)nc2c(F)cccc21. The Morgan fingerprint density at radius 2 is 1.89 bits per heavy atom. The van der Waals surface area contributed by atoms with E-state index in [0.29, 0.717) is 17.0 Å². The summed E-state index contributed by atoms with van der Waals surface area (Å²) in [7, 11) is 1.86. The van der Waals surface area contributed by atoms with Crippen molar-refractivity contribution in [3.63, 3.8) is 0 Å². The molecule has 0 atom stereocenters. The Morgan fingerprint density at radius 1 is 1.11 bits per heavy atom. The highest BCUT2D eigenvalue weighted by Gasteiger charge is 2.13. The van der Waals surface area contributed by atoms with Gasteiger partial charge in [0.2, 0.25) is 0 Å². The first kappa shape index (κ1) is 10.8. The maximum Gasteiger partial charge on any atom is 0.151 e. The number of nitrogen functional groups attached to an aromatic ring is 1. The average Bonchev–Trinajstić information content (AvgIpc) is 2.70. The van der Waals surface area contributed by atoms with Crippen LogP contribution in [0.2, 0.25) is 0 Å². The molecule has 0 saturated heterocycles. The van der Waals surface area contributed by atoms with Gasteiger partial charge in [-0.15, -0.1) is 0 Å². The van der Waals surface area contributed by atoms with Crippen molar-refractivity contribution in [1.82, 2.24) is 9.55 Å². The molecular formula is C14H12FN3. The number of imidazole rings is 1. The van der Waals surface area contributed by atoms with Gasteiger partial charge in [-0.2, -0.15) is 0 Å². The van der Waals surface area contributed by atoms with Gasteiger partial charge in [0.05, 0.1) is 5.52 Å². The van der Waals surface area contributed by atoms with Crippen LogP contribution in [0.4, 0.5) is 10.1 Å². The summed E-state index contributed by atoms with van der Waals surface area (Å²) in [6.45, 7) is 0. The van der Waals surface area contributed by atoms with E-state index in [2.05, 4.69) is 4.98 Å². The molecule has 3 nitrogen and oxygen atoms in total. The molecule has 0 spiro atoms. The second-order valence-electron chi connectivity index (χ2n) is 4.19. The zero-order valence-corrected chi connectivity index (χ0v) is 9.89. The summed E-state index contributed by atoms with van der Waals surface area (Å²) in [4.78, 5) is 4.35. The summed E-state index contributed by atoms with van der Waals surface area (Å²) >= 11 is 0. The molecule has 0 unspecified atom stereocenters. The number of aromatic nitrogens is 2. The van der Waals surface area contributed by atoms with E-state index >= 15 is 0 Å². The molecule has 1 aromatic heterocycles. The van der Waals surface area contributed by atoms with E-state index < -0.39 is 0 Å².